The molecule has 0 aliphatic heterocycles. The number of hydrogen-bond donors (Lipinski definition) is 2. The maximum absolute atomic E-state index is 10.5. The van der Waals surface area contributed by atoms with Crippen molar-refractivity contribution < 1.29 is 5.11 Å². The fourth-order valence-electron chi connectivity index (χ4n) is 2.90. The molecular weight excluding hydrogens is 296 g/mol. The first-order valence-corrected chi connectivity index (χ1v) is 8.91. The first-order chi connectivity index (χ1) is 11.6. The lowest BCUT2D eigenvalue weighted by molar-refractivity contribution is 0.144. The summed E-state index contributed by atoms with van der Waals surface area (Å²) < 4.78 is 0. The van der Waals surface area contributed by atoms with Crippen molar-refractivity contribution >= 4 is 5.69 Å². The van der Waals surface area contributed by atoms with Crippen molar-refractivity contribution in [1.29, 1.82) is 0 Å². The minimum atomic E-state index is -0.711. The maximum Gasteiger partial charge on any atom is 0.142 e. The number of unbranched alkanes of at least 4 members (excludes halogenated alkanes) is 2. The highest BCUT2D eigenvalue weighted by molar-refractivity contribution is 5.45. The number of likely N-dealkylation sites (N-methyl/N-ethyl adjacent to an activating group) is 1. The van der Waals surface area contributed by atoms with E-state index in [0.29, 0.717) is 6.42 Å². The van der Waals surface area contributed by atoms with Crippen molar-refractivity contribution in [3.63, 3.8) is 0 Å². The SMILES string of the molecule is CCCCCc1ccc(CC(N)C(O)N(C)c2ccccc2)cc1. The van der Waals surface area contributed by atoms with Gasteiger partial charge >= 0.3 is 0 Å². The monoisotopic (exact) mass is 326 g/mol. The van der Waals surface area contributed by atoms with Crippen LogP contribution < -0.4 is 10.6 Å². The number of aryl methyl sites for hydroxylation is 1. The number of para-hydroxylation sites is 1. The number of rotatable bonds is 9. The Kier molecular flexibility index (Phi) is 7.29. The summed E-state index contributed by atoms with van der Waals surface area (Å²) >= 11 is 0. The Bertz CT molecular complexity index is 583. The second kappa shape index (κ2) is 9.45. The van der Waals surface area contributed by atoms with Crippen molar-refractivity contribution in [1.82, 2.24) is 0 Å². The zero-order chi connectivity index (χ0) is 17.4. The normalized spacial score (nSPS) is 13.5. The van der Waals surface area contributed by atoms with Gasteiger partial charge in [0.25, 0.3) is 0 Å². The summed E-state index contributed by atoms with van der Waals surface area (Å²) in [4.78, 5) is 1.82. The van der Waals surface area contributed by atoms with E-state index in [-0.39, 0.29) is 6.04 Å². The van der Waals surface area contributed by atoms with Crippen LogP contribution in [0.25, 0.3) is 0 Å². The molecule has 2 atom stereocenters. The van der Waals surface area contributed by atoms with E-state index in [9.17, 15) is 5.11 Å². The van der Waals surface area contributed by atoms with Gasteiger partial charge in [-0.25, -0.2) is 0 Å². The van der Waals surface area contributed by atoms with Crippen molar-refractivity contribution in [3.05, 3.63) is 65.7 Å². The Morgan fingerprint density at radius 1 is 0.958 bits per heavy atom. The summed E-state index contributed by atoms with van der Waals surface area (Å²) in [7, 11) is 1.87. The van der Waals surface area contributed by atoms with Crippen LogP contribution in [0.2, 0.25) is 0 Å². The highest BCUT2D eigenvalue weighted by Gasteiger charge is 2.20. The maximum atomic E-state index is 10.5. The molecule has 3 heteroatoms. The first kappa shape index (κ1) is 18.5. The Labute approximate surface area is 146 Å². The third-order valence-electron chi connectivity index (χ3n) is 4.51. The van der Waals surface area contributed by atoms with Gasteiger partial charge in [0.05, 0.1) is 6.04 Å². The quantitative estimate of drug-likeness (QED) is 0.545. The average molecular weight is 326 g/mol. The molecule has 3 nitrogen and oxygen atoms in total. The molecule has 0 spiro atoms. The van der Waals surface area contributed by atoms with Gasteiger partial charge in [-0.1, -0.05) is 62.2 Å². The average Bonchev–Trinajstić information content (AvgIpc) is 2.63. The number of nitrogens with two attached hydrogens (primary N) is 1. The van der Waals surface area contributed by atoms with E-state index in [2.05, 4.69) is 31.2 Å². The second-order valence-electron chi connectivity index (χ2n) is 6.50. The molecule has 130 valence electrons. The minimum Gasteiger partial charge on any atom is -0.372 e. The van der Waals surface area contributed by atoms with Crippen molar-refractivity contribution in [2.24, 2.45) is 5.73 Å². The minimum absolute atomic E-state index is 0.332. The van der Waals surface area contributed by atoms with E-state index < -0.39 is 6.23 Å². The van der Waals surface area contributed by atoms with Gasteiger partial charge in [-0.15, -0.1) is 0 Å². The van der Waals surface area contributed by atoms with Gasteiger partial charge < -0.3 is 15.7 Å². The number of aliphatic hydroxyl groups excluding tert-OH is 1. The standard InChI is InChI=1S/C21H30N2O/c1-3-4-6-9-17-12-14-18(15-13-17)16-20(22)21(24)23(2)19-10-7-5-8-11-19/h5,7-8,10-15,20-21,24H,3-4,6,9,16,22H2,1-2H3. The van der Waals surface area contributed by atoms with E-state index in [1.807, 2.05) is 42.3 Å². The van der Waals surface area contributed by atoms with Crippen molar-refractivity contribution in [2.75, 3.05) is 11.9 Å². The molecule has 0 bridgehead atoms. The Morgan fingerprint density at radius 3 is 2.21 bits per heavy atom. The van der Waals surface area contributed by atoms with E-state index in [1.54, 1.807) is 0 Å². The van der Waals surface area contributed by atoms with Crippen molar-refractivity contribution in [2.45, 2.75) is 51.3 Å². The van der Waals surface area contributed by atoms with Gasteiger partial charge in [0, 0.05) is 12.7 Å². The van der Waals surface area contributed by atoms with E-state index in [0.717, 1.165) is 12.1 Å². The Morgan fingerprint density at radius 2 is 1.58 bits per heavy atom. The molecular formula is C21H30N2O. The first-order valence-electron chi connectivity index (χ1n) is 8.91. The highest BCUT2D eigenvalue weighted by Crippen LogP contribution is 2.16. The highest BCUT2D eigenvalue weighted by atomic mass is 16.3. The van der Waals surface area contributed by atoms with E-state index in [4.69, 9.17) is 5.73 Å². The van der Waals surface area contributed by atoms with E-state index in [1.165, 1.54) is 30.4 Å². The third kappa shape index (κ3) is 5.36. The molecule has 0 saturated heterocycles. The van der Waals surface area contributed by atoms with Gasteiger partial charge in [-0.05, 0) is 42.5 Å². The van der Waals surface area contributed by atoms with Gasteiger partial charge in [0.1, 0.15) is 6.23 Å². The van der Waals surface area contributed by atoms with Crippen LogP contribution in [0, 0.1) is 0 Å². The zero-order valence-electron chi connectivity index (χ0n) is 14.9. The lowest BCUT2D eigenvalue weighted by atomic mass is 10.0. The van der Waals surface area contributed by atoms with Gasteiger partial charge in [-0.3, -0.25) is 0 Å². The Balaban J connectivity index is 1.90. The molecule has 3 N–H and O–H groups in total. The molecule has 2 aromatic carbocycles. The summed E-state index contributed by atoms with van der Waals surface area (Å²) in [6.45, 7) is 2.22. The molecule has 0 saturated carbocycles. The number of nitrogens with zero attached hydrogens (tertiary/aromatic N) is 1. The molecule has 0 aliphatic rings. The van der Waals surface area contributed by atoms with Crippen LogP contribution in [-0.2, 0) is 12.8 Å². The third-order valence-corrected chi connectivity index (χ3v) is 4.51. The molecule has 24 heavy (non-hydrogen) atoms. The second-order valence-corrected chi connectivity index (χ2v) is 6.50. The summed E-state index contributed by atoms with van der Waals surface area (Å²) in [6, 6.07) is 18.1. The van der Waals surface area contributed by atoms with Crippen LogP contribution in [0.5, 0.6) is 0 Å². The molecule has 0 aliphatic carbocycles. The summed E-state index contributed by atoms with van der Waals surface area (Å²) in [5, 5.41) is 10.5. The largest absolute Gasteiger partial charge is 0.372 e. The lowest BCUT2D eigenvalue weighted by Gasteiger charge is -2.30. The van der Waals surface area contributed by atoms with Crippen LogP contribution in [-0.4, -0.2) is 24.4 Å². The van der Waals surface area contributed by atoms with Gasteiger partial charge in [-0.2, -0.15) is 0 Å². The van der Waals surface area contributed by atoms with Gasteiger partial charge in [0.2, 0.25) is 0 Å². The van der Waals surface area contributed by atoms with Crippen molar-refractivity contribution in [3.8, 4) is 0 Å². The zero-order valence-corrected chi connectivity index (χ0v) is 14.9. The molecule has 0 amide bonds. The predicted molar refractivity (Wildman–Crippen MR) is 102 cm³/mol. The summed E-state index contributed by atoms with van der Waals surface area (Å²) in [5.41, 5.74) is 9.74. The molecule has 0 radical (unpaired) electrons. The van der Waals surface area contributed by atoms with E-state index >= 15 is 0 Å². The number of hydrogen-bond acceptors (Lipinski definition) is 3. The number of aliphatic hydroxyl groups is 1. The van der Waals surface area contributed by atoms with Crippen LogP contribution in [0.3, 0.4) is 0 Å². The molecule has 2 unspecified atom stereocenters. The topological polar surface area (TPSA) is 49.5 Å². The van der Waals surface area contributed by atoms with Crippen LogP contribution in [0.1, 0.15) is 37.3 Å². The molecule has 0 fully saturated rings. The molecule has 2 rings (SSSR count). The van der Waals surface area contributed by atoms with Crippen LogP contribution >= 0.6 is 0 Å². The Hall–Kier alpha value is -1.84. The fraction of sp³-hybridized carbons (Fsp3) is 0.429. The molecule has 0 heterocycles. The van der Waals surface area contributed by atoms with Gasteiger partial charge in [0.15, 0.2) is 0 Å². The lowest BCUT2D eigenvalue weighted by Crippen LogP contribution is -2.47. The number of anilines is 1. The predicted octanol–water partition coefficient (Wildman–Crippen LogP) is 3.74. The smallest absolute Gasteiger partial charge is 0.142 e. The van der Waals surface area contributed by atoms with Crippen LogP contribution in [0.4, 0.5) is 5.69 Å². The molecule has 2 aromatic rings. The molecule has 0 aromatic heterocycles. The number of benzene rings is 2. The summed E-state index contributed by atoms with van der Waals surface area (Å²) in [6.07, 6.45) is 4.87. The van der Waals surface area contributed by atoms with Crippen LogP contribution in [0.15, 0.2) is 54.6 Å². The fourth-order valence-corrected chi connectivity index (χ4v) is 2.90. The summed E-state index contributed by atoms with van der Waals surface area (Å²) in [5.74, 6) is 0.